The molecule has 0 aromatic heterocycles. The molecule has 1 aliphatic heterocycles. The van der Waals surface area contributed by atoms with E-state index in [1.807, 2.05) is 30.3 Å². The summed E-state index contributed by atoms with van der Waals surface area (Å²) in [5, 5.41) is 12.7. The fourth-order valence-corrected chi connectivity index (χ4v) is 4.23. The molecule has 0 atom stereocenters. The molecule has 0 fully saturated rings. The molecular weight excluding hydrogens is 482 g/mol. The molecule has 0 unspecified atom stereocenters. The molecule has 3 aromatic carbocycles. The van der Waals surface area contributed by atoms with E-state index in [-0.39, 0.29) is 21.6 Å². The summed E-state index contributed by atoms with van der Waals surface area (Å²) in [7, 11) is -3.86. The van der Waals surface area contributed by atoms with E-state index in [1.165, 1.54) is 18.2 Å². The van der Waals surface area contributed by atoms with Crippen LogP contribution >= 0.6 is 23.8 Å². The minimum Gasteiger partial charge on any atom is -0.331 e. The first-order chi connectivity index (χ1) is 15.7. The SMILES string of the molecule is NS(=O)(=O)c1cccc(NC(=S)NN=C2C(=O)N(Cc3ccccc3)c3ccc(Cl)cc32)c1. The van der Waals surface area contributed by atoms with Gasteiger partial charge in [-0.15, -0.1) is 0 Å². The predicted octanol–water partition coefficient (Wildman–Crippen LogP) is 3.22. The van der Waals surface area contributed by atoms with Gasteiger partial charge in [0.2, 0.25) is 10.0 Å². The lowest BCUT2D eigenvalue weighted by Crippen LogP contribution is -2.32. The molecule has 33 heavy (non-hydrogen) atoms. The number of nitrogens with one attached hydrogen (secondary N) is 2. The number of amides is 1. The Labute approximate surface area is 201 Å². The lowest BCUT2D eigenvalue weighted by molar-refractivity contribution is -0.112. The molecule has 0 spiro atoms. The maximum Gasteiger partial charge on any atom is 0.279 e. The van der Waals surface area contributed by atoms with E-state index in [9.17, 15) is 13.2 Å². The van der Waals surface area contributed by atoms with Crippen molar-refractivity contribution < 1.29 is 13.2 Å². The zero-order chi connectivity index (χ0) is 23.6. The fourth-order valence-electron chi connectivity index (χ4n) is 3.33. The molecule has 1 amide bonds. The van der Waals surface area contributed by atoms with Crippen LogP contribution in [0.25, 0.3) is 0 Å². The number of benzene rings is 3. The standard InChI is InChI=1S/C22H18ClN5O3S2/c23-15-9-10-19-18(11-15)20(21(29)28(19)13-14-5-2-1-3-6-14)26-27-22(32)25-16-7-4-8-17(12-16)33(24,30)31/h1-12H,13H2,(H2,24,30,31)(H2,25,27,32). The number of hydrazone groups is 1. The second kappa shape index (κ2) is 9.28. The third kappa shape index (κ3) is 5.20. The number of nitrogens with two attached hydrogens (primary N) is 1. The Bertz CT molecular complexity index is 1380. The second-order valence-electron chi connectivity index (χ2n) is 7.14. The van der Waals surface area contributed by atoms with Crippen molar-refractivity contribution in [2.75, 3.05) is 10.2 Å². The molecule has 11 heteroatoms. The minimum atomic E-state index is -3.86. The topological polar surface area (TPSA) is 117 Å². The Morgan fingerprint density at radius 3 is 2.55 bits per heavy atom. The number of halogens is 1. The van der Waals surface area contributed by atoms with Gasteiger partial charge < -0.3 is 10.2 Å². The van der Waals surface area contributed by atoms with Gasteiger partial charge in [0.15, 0.2) is 10.8 Å². The van der Waals surface area contributed by atoms with Gasteiger partial charge in [0.1, 0.15) is 0 Å². The number of anilines is 2. The van der Waals surface area contributed by atoms with E-state index in [2.05, 4.69) is 15.8 Å². The van der Waals surface area contributed by atoms with Gasteiger partial charge in [-0.3, -0.25) is 10.2 Å². The largest absolute Gasteiger partial charge is 0.331 e. The lowest BCUT2D eigenvalue weighted by Gasteiger charge is -2.16. The molecule has 4 rings (SSSR count). The number of hydrogen-bond donors (Lipinski definition) is 3. The lowest BCUT2D eigenvalue weighted by atomic mass is 10.1. The summed E-state index contributed by atoms with van der Waals surface area (Å²) in [6, 6.07) is 20.6. The van der Waals surface area contributed by atoms with Crippen molar-refractivity contribution >= 4 is 61.9 Å². The van der Waals surface area contributed by atoms with Crippen molar-refractivity contribution in [1.82, 2.24) is 5.43 Å². The third-order valence-corrected chi connectivity index (χ3v) is 6.16. The monoisotopic (exact) mass is 499 g/mol. The van der Waals surface area contributed by atoms with Crippen molar-refractivity contribution in [3.8, 4) is 0 Å². The Kier molecular flexibility index (Phi) is 6.43. The quantitative estimate of drug-likeness (QED) is 0.366. The molecule has 0 saturated carbocycles. The number of hydrogen-bond acceptors (Lipinski definition) is 5. The molecular formula is C22H18ClN5O3S2. The van der Waals surface area contributed by atoms with Gasteiger partial charge in [-0.1, -0.05) is 48.0 Å². The second-order valence-corrected chi connectivity index (χ2v) is 9.54. The Morgan fingerprint density at radius 1 is 1.06 bits per heavy atom. The summed E-state index contributed by atoms with van der Waals surface area (Å²) >= 11 is 11.4. The summed E-state index contributed by atoms with van der Waals surface area (Å²) in [4.78, 5) is 14.7. The van der Waals surface area contributed by atoms with Crippen molar-refractivity contribution in [3.05, 3.63) is 88.9 Å². The maximum atomic E-state index is 13.2. The van der Waals surface area contributed by atoms with Crippen LogP contribution in [0, 0.1) is 0 Å². The number of thiocarbonyl (C=S) groups is 1. The number of nitrogens with zero attached hydrogens (tertiary/aromatic N) is 2. The highest BCUT2D eigenvalue weighted by Crippen LogP contribution is 2.32. The highest BCUT2D eigenvalue weighted by atomic mass is 35.5. The fraction of sp³-hybridized carbons (Fsp3) is 0.0455. The van der Waals surface area contributed by atoms with Crippen LogP contribution in [0.2, 0.25) is 5.02 Å². The molecule has 0 radical (unpaired) electrons. The van der Waals surface area contributed by atoms with E-state index in [0.717, 1.165) is 5.56 Å². The van der Waals surface area contributed by atoms with E-state index in [1.54, 1.807) is 29.2 Å². The van der Waals surface area contributed by atoms with Crippen LogP contribution in [0.5, 0.6) is 0 Å². The molecule has 0 aliphatic carbocycles. The van der Waals surface area contributed by atoms with Crippen LogP contribution in [-0.4, -0.2) is 25.1 Å². The van der Waals surface area contributed by atoms with Crippen molar-refractivity contribution in [2.24, 2.45) is 10.2 Å². The number of carbonyl (C=O) groups is 1. The highest BCUT2D eigenvalue weighted by molar-refractivity contribution is 7.89. The molecule has 4 N–H and O–H groups in total. The zero-order valence-electron chi connectivity index (χ0n) is 17.0. The van der Waals surface area contributed by atoms with Crippen LogP contribution < -0.4 is 20.8 Å². The van der Waals surface area contributed by atoms with Crippen LogP contribution in [0.15, 0.2) is 82.8 Å². The van der Waals surface area contributed by atoms with Gasteiger partial charge in [-0.25, -0.2) is 13.6 Å². The van der Waals surface area contributed by atoms with Gasteiger partial charge in [0.05, 0.1) is 17.1 Å². The van der Waals surface area contributed by atoms with E-state index in [0.29, 0.717) is 28.5 Å². The third-order valence-electron chi connectivity index (χ3n) is 4.83. The predicted molar refractivity (Wildman–Crippen MR) is 133 cm³/mol. The van der Waals surface area contributed by atoms with Gasteiger partial charge in [-0.05, 0) is 54.2 Å². The van der Waals surface area contributed by atoms with E-state index >= 15 is 0 Å². The smallest absolute Gasteiger partial charge is 0.279 e. The number of sulfonamides is 1. The Hall–Kier alpha value is -3.31. The van der Waals surface area contributed by atoms with Gasteiger partial charge >= 0.3 is 0 Å². The molecule has 1 aliphatic rings. The number of rotatable bonds is 5. The number of primary sulfonamides is 1. The molecule has 168 valence electrons. The normalized spacial score (nSPS) is 14.3. The molecule has 0 bridgehead atoms. The van der Waals surface area contributed by atoms with Crippen molar-refractivity contribution in [3.63, 3.8) is 0 Å². The summed E-state index contributed by atoms with van der Waals surface area (Å²) < 4.78 is 23.1. The van der Waals surface area contributed by atoms with E-state index in [4.69, 9.17) is 29.0 Å². The summed E-state index contributed by atoms with van der Waals surface area (Å²) in [6.07, 6.45) is 0. The average Bonchev–Trinajstić information content (AvgIpc) is 3.03. The molecule has 8 nitrogen and oxygen atoms in total. The highest BCUT2D eigenvalue weighted by Gasteiger charge is 2.34. The Morgan fingerprint density at radius 2 is 1.82 bits per heavy atom. The van der Waals surface area contributed by atoms with Crippen molar-refractivity contribution in [2.45, 2.75) is 11.4 Å². The van der Waals surface area contributed by atoms with Gasteiger partial charge in [0.25, 0.3) is 5.91 Å². The van der Waals surface area contributed by atoms with Crippen LogP contribution in [-0.2, 0) is 21.4 Å². The average molecular weight is 500 g/mol. The van der Waals surface area contributed by atoms with Crippen LogP contribution in [0.1, 0.15) is 11.1 Å². The molecule has 1 heterocycles. The Balaban J connectivity index is 1.56. The van der Waals surface area contributed by atoms with Gasteiger partial charge in [0, 0.05) is 16.3 Å². The van der Waals surface area contributed by atoms with Gasteiger partial charge in [-0.2, -0.15) is 5.10 Å². The van der Waals surface area contributed by atoms with Crippen molar-refractivity contribution in [1.29, 1.82) is 0 Å². The van der Waals surface area contributed by atoms with E-state index < -0.39 is 10.0 Å². The molecule has 0 saturated heterocycles. The van der Waals surface area contributed by atoms with Crippen LogP contribution in [0.4, 0.5) is 11.4 Å². The number of carbonyl (C=O) groups excluding carboxylic acids is 1. The number of fused-ring (bicyclic) bond motifs is 1. The molecule has 3 aromatic rings. The first kappa shape index (κ1) is 22.9. The maximum absolute atomic E-state index is 13.2. The zero-order valence-corrected chi connectivity index (χ0v) is 19.4. The van der Waals surface area contributed by atoms with Crippen LogP contribution in [0.3, 0.4) is 0 Å². The summed E-state index contributed by atoms with van der Waals surface area (Å²) in [5.74, 6) is -0.303. The summed E-state index contributed by atoms with van der Waals surface area (Å²) in [6.45, 7) is 0.371. The first-order valence-corrected chi connectivity index (χ1v) is 12.0. The summed E-state index contributed by atoms with van der Waals surface area (Å²) in [5.41, 5.74) is 5.43. The first-order valence-electron chi connectivity index (χ1n) is 9.65. The minimum absolute atomic E-state index is 0.0620.